The molecule has 2 heterocycles. The Bertz CT molecular complexity index is 313. The van der Waals surface area contributed by atoms with Gasteiger partial charge in [-0.1, -0.05) is 0 Å². The van der Waals surface area contributed by atoms with E-state index in [0.29, 0.717) is 12.1 Å². The maximum absolute atomic E-state index is 11.8. The third-order valence-corrected chi connectivity index (χ3v) is 3.72. The number of nitrogens with one attached hydrogen (secondary N) is 1. The predicted octanol–water partition coefficient (Wildman–Crippen LogP) is 1.29. The molecule has 2 aliphatic rings. The second-order valence-corrected chi connectivity index (χ2v) is 6.83. The van der Waals surface area contributed by atoms with E-state index in [0.717, 1.165) is 13.1 Å². The van der Waals surface area contributed by atoms with Gasteiger partial charge in [-0.05, 0) is 53.8 Å². The molecule has 0 aromatic carbocycles. The predicted molar refractivity (Wildman–Crippen MR) is 75.2 cm³/mol. The zero-order chi connectivity index (χ0) is 14.0. The van der Waals surface area contributed by atoms with Crippen molar-refractivity contribution in [2.75, 3.05) is 33.2 Å². The molecule has 0 aromatic heterocycles. The van der Waals surface area contributed by atoms with Crippen LogP contribution in [0.5, 0.6) is 0 Å². The van der Waals surface area contributed by atoms with Crippen molar-refractivity contribution >= 4 is 6.09 Å². The lowest BCUT2D eigenvalue weighted by Gasteiger charge is -2.43. The SMILES string of the molecule is CN1CCC(NC2CN(C(=O)OC(C)(C)C)C2)CC1. The number of hydrogen-bond donors (Lipinski definition) is 1. The quantitative estimate of drug-likeness (QED) is 0.820. The van der Waals surface area contributed by atoms with Gasteiger partial charge in [-0.3, -0.25) is 0 Å². The second kappa shape index (κ2) is 5.67. The van der Waals surface area contributed by atoms with Crippen LogP contribution < -0.4 is 5.32 Å². The van der Waals surface area contributed by atoms with E-state index in [2.05, 4.69) is 17.3 Å². The van der Waals surface area contributed by atoms with Crippen LogP contribution in [0.15, 0.2) is 0 Å². The molecule has 0 unspecified atom stereocenters. The highest BCUT2D eigenvalue weighted by atomic mass is 16.6. The highest BCUT2D eigenvalue weighted by molar-refractivity contribution is 5.69. The number of ether oxygens (including phenoxy) is 1. The fourth-order valence-corrected chi connectivity index (χ4v) is 2.57. The van der Waals surface area contributed by atoms with Crippen LogP contribution in [0.1, 0.15) is 33.6 Å². The number of likely N-dealkylation sites (tertiary alicyclic amines) is 2. The summed E-state index contributed by atoms with van der Waals surface area (Å²) in [5.41, 5.74) is -0.399. The fraction of sp³-hybridized carbons (Fsp3) is 0.929. The van der Waals surface area contributed by atoms with E-state index in [4.69, 9.17) is 4.74 Å². The Morgan fingerprint density at radius 1 is 1.16 bits per heavy atom. The molecular formula is C14H27N3O2. The first-order valence-corrected chi connectivity index (χ1v) is 7.26. The normalized spacial score (nSPS) is 23.3. The van der Waals surface area contributed by atoms with Crippen LogP contribution >= 0.6 is 0 Å². The van der Waals surface area contributed by atoms with Crippen LogP contribution in [0.25, 0.3) is 0 Å². The van der Waals surface area contributed by atoms with E-state index in [1.165, 1.54) is 25.9 Å². The summed E-state index contributed by atoms with van der Waals surface area (Å²) in [5.74, 6) is 0. The van der Waals surface area contributed by atoms with Crippen molar-refractivity contribution in [3.8, 4) is 0 Å². The molecular weight excluding hydrogens is 242 g/mol. The Balaban J connectivity index is 1.65. The third-order valence-electron chi connectivity index (χ3n) is 3.72. The summed E-state index contributed by atoms with van der Waals surface area (Å²) in [7, 11) is 2.17. The maximum atomic E-state index is 11.8. The van der Waals surface area contributed by atoms with Crippen molar-refractivity contribution in [1.29, 1.82) is 0 Å². The zero-order valence-corrected chi connectivity index (χ0v) is 12.6. The van der Waals surface area contributed by atoms with E-state index in [9.17, 15) is 4.79 Å². The number of carbonyl (C=O) groups excluding carboxylic acids is 1. The summed E-state index contributed by atoms with van der Waals surface area (Å²) in [6, 6.07) is 1.06. The van der Waals surface area contributed by atoms with Gasteiger partial charge in [0.2, 0.25) is 0 Å². The van der Waals surface area contributed by atoms with Crippen LogP contribution in [0.2, 0.25) is 0 Å². The van der Waals surface area contributed by atoms with Crippen molar-refractivity contribution in [2.24, 2.45) is 0 Å². The zero-order valence-electron chi connectivity index (χ0n) is 12.6. The first-order valence-electron chi connectivity index (χ1n) is 7.26. The monoisotopic (exact) mass is 269 g/mol. The molecule has 0 aliphatic carbocycles. The van der Waals surface area contributed by atoms with E-state index in [1.807, 2.05) is 20.8 Å². The van der Waals surface area contributed by atoms with Gasteiger partial charge >= 0.3 is 6.09 Å². The lowest BCUT2D eigenvalue weighted by molar-refractivity contribution is 0.00330. The minimum atomic E-state index is -0.399. The van der Waals surface area contributed by atoms with Crippen LogP contribution in [-0.2, 0) is 4.74 Å². The maximum Gasteiger partial charge on any atom is 0.410 e. The Labute approximate surface area is 116 Å². The molecule has 0 aromatic rings. The summed E-state index contributed by atoms with van der Waals surface area (Å²) < 4.78 is 5.35. The van der Waals surface area contributed by atoms with E-state index < -0.39 is 5.60 Å². The molecule has 5 nitrogen and oxygen atoms in total. The molecule has 2 saturated heterocycles. The molecule has 1 N–H and O–H groups in total. The molecule has 1 amide bonds. The van der Waals surface area contributed by atoms with Crippen LogP contribution in [-0.4, -0.2) is 66.8 Å². The number of hydrogen-bond acceptors (Lipinski definition) is 4. The molecule has 2 aliphatic heterocycles. The van der Waals surface area contributed by atoms with Crippen molar-refractivity contribution in [3.63, 3.8) is 0 Å². The first-order chi connectivity index (χ1) is 8.83. The Morgan fingerprint density at radius 3 is 2.26 bits per heavy atom. The average Bonchev–Trinajstić information content (AvgIpc) is 2.22. The molecule has 2 rings (SSSR count). The first kappa shape index (κ1) is 14.6. The summed E-state index contributed by atoms with van der Waals surface area (Å²) in [4.78, 5) is 15.9. The fourth-order valence-electron chi connectivity index (χ4n) is 2.57. The highest BCUT2D eigenvalue weighted by Gasteiger charge is 2.34. The summed E-state index contributed by atoms with van der Waals surface area (Å²) in [6.07, 6.45) is 2.23. The molecule has 110 valence electrons. The summed E-state index contributed by atoms with van der Waals surface area (Å²) in [5, 5.41) is 3.65. The van der Waals surface area contributed by atoms with E-state index in [-0.39, 0.29) is 6.09 Å². The van der Waals surface area contributed by atoms with Gasteiger partial charge in [-0.25, -0.2) is 4.79 Å². The largest absolute Gasteiger partial charge is 0.444 e. The number of rotatable bonds is 2. The molecule has 0 bridgehead atoms. The Hall–Kier alpha value is -0.810. The molecule has 0 atom stereocenters. The number of carbonyl (C=O) groups is 1. The van der Waals surface area contributed by atoms with Gasteiger partial charge in [0, 0.05) is 25.2 Å². The molecule has 19 heavy (non-hydrogen) atoms. The van der Waals surface area contributed by atoms with E-state index in [1.54, 1.807) is 4.90 Å². The van der Waals surface area contributed by atoms with Gasteiger partial charge in [-0.2, -0.15) is 0 Å². The van der Waals surface area contributed by atoms with E-state index >= 15 is 0 Å². The lowest BCUT2D eigenvalue weighted by Crippen LogP contribution is -2.63. The average molecular weight is 269 g/mol. The van der Waals surface area contributed by atoms with Gasteiger partial charge in [-0.15, -0.1) is 0 Å². The third kappa shape index (κ3) is 4.35. The van der Waals surface area contributed by atoms with Crippen LogP contribution in [0.3, 0.4) is 0 Å². The molecule has 5 heteroatoms. The lowest BCUT2D eigenvalue weighted by atomic mass is 10.0. The van der Waals surface area contributed by atoms with Crippen LogP contribution in [0.4, 0.5) is 4.79 Å². The number of nitrogens with zero attached hydrogens (tertiary/aromatic N) is 2. The molecule has 0 spiro atoms. The van der Waals surface area contributed by atoms with Crippen molar-refractivity contribution in [3.05, 3.63) is 0 Å². The number of piperidine rings is 1. The minimum Gasteiger partial charge on any atom is -0.444 e. The topological polar surface area (TPSA) is 44.8 Å². The Morgan fingerprint density at radius 2 is 1.74 bits per heavy atom. The second-order valence-electron chi connectivity index (χ2n) is 6.83. The summed E-state index contributed by atoms with van der Waals surface area (Å²) in [6.45, 7) is 9.60. The van der Waals surface area contributed by atoms with Gasteiger partial charge in [0.1, 0.15) is 5.60 Å². The summed E-state index contributed by atoms with van der Waals surface area (Å²) >= 11 is 0. The minimum absolute atomic E-state index is 0.186. The van der Waals surface area contributed by atoms with Gasteiger partial charge in [0.25, 0.3) is 0 Å². The van der Waals surface area contributed by atoms with Gasteiger partial charge in [0.05, 0.1) is 0 Å². The number of amides is 1. The smallest absolute Gasteiger partial charge is 0.410 e. The Kier molecular flexibility index (Phi) is 4.36. The van der Waals surface area contributed by atoms with Crippen molar-refractivity contribution < 1.29 is 9.53 Å². The van der Waals surface area contributed by atoms with Crippen molar-refractivity contribution in [2.45, 2.75) is 51.3 Å². The van der Waals surface area contributed by atoms with Crippen LogP contribution in [0, 0.1) is 0 Å². The molecule has 0 radical (unpaired) electrons. The van der Waals surface area contributed by atoms with Crippen molar-refractivity contribution in [1.82, 2.24) is 15.1 Å². The van der Waals surface area contributed by atoms with Gasteiger partial charge in [0.15, 0.2) is 0 Å². The van der Waals surface area contributed by atoms with Gasteiger partial charge < -0.3 is 19.9 Å². The molecule has 0 saturated carbocycles. The molecule has 2 fully saturated rings. The standard InChI is InChI=1S/C14H27N3O2/c1-14(2,3)19-13(18)17-9-12(10-17)15-11-5-7-16(4)8-6-11/h11-12,15H,5-10H2,1-4H3. The highest BCUT2D eigenvalue weighted by Crippen LogP contribution is 2.17.